The number of halogens is 1. The molecule has 1 amide bonds. The van der Waals surface area contributed by atoms with E-state index in [1.54, 1.807) is 12.1 Å². The Labute approximate surface area is 234 Å². The van der Waals surface area contributed by atoms with Gasteiger partial charge < -0.3 is 24.9 Å². The van der Waals surface area contributed by atoms with Gasteiger partial charge in [0.1, 0.15) is 12.1 Å². The number of amides is 1. The number of carbonyl (C=O) groups excluding carboxylic acids is 2. The fourth-order valence-corrected chi connectivity index (χ4v) is 5.13. The van der Waals surface area contributed by atoms with Crippen LogP contribution in [0.25, 0.3) is 22.4 Å². The molecule has 0 aliphatic carbocycles. The van der Waals surface area contributed by atoms with E-state index in [0.717, 1.165) is 28.1 Å². The maximum atomic E-state index is 14.0. The molecule has 0 bridgehead atoms. The number of anilines is 1. The van der Waals surface area contributed by atoms with Crippen LogP contribution in [-0.2, 0) is 11.3 Å². The van der Waals surface area contributed by atoms with Crippen molar-refractivity contribution in [3.63, 3.8) is 0 Å². The van der Waals surface area contributed by atoms with Crippen LogP contribution in [0.4, 0.5) is 10.1 Å². The zero-order chi connectivity index (χ0) is 28.6. The fourth-order valence-electron chi connectivity index (χ4n) is 5.13. The highest BCUT2D eigenvalue weighted by atomic mass is 19.1. The van der Waals surface area contributed by atoms with Crippen LogP contribution < -0.4 is 5.32 Å². The molecule has 0 radical (unpaired) electrons. The maximum Gasteiger partial charge on any atom is 0.258 e. The quantitative estimate of drug-likeness (QED) is 0.180. The molecular weight excluding hydrogens is 507 g/mol. The third-order valence-electron chi connectivity index (χ3n) is 6.89. The van der Waals surface area contributed by atoms with Gasteiger partial charge in [-0.15, -0.1) is 0 Å². The third kappa shape index (κ3) is 6.73. The lowest BCUT2D eigenvalue weighted by Gasteiger charge is -2.20. The molecule has 4 rings (SSSR count). The summed E-state index contributed by atoms with van der Waals surface area (Å²) in [7, 11) is 0. The summed E-state index contributed by atoms with van der Waals surface area (Å²) in [6.45, 7) is 4.37. The van der Waals surface area contributed by atoms with Crippen molar-refractivity contribution < 1.29 is 24.2 Å². The molecule has 208 valence electrons. The van der Waals surface area contributed by atoms with Gasteiger partial charge in [0.05, 0.1) is 23.5 Å². The van der Waals surface area contributed by atoms with Crippen LogP contribution in [0.15, 0.2) is 84.9 Å². The lowest BCUT2D eigenvalue weighted by molar-refractivity contribution is -0.109. The van der Waals surface area contributed by atoms with E-state index in [9.17, 15) is 24.2 Å². The first-order valence-electron chi connectivity index (χ1n) is 13.5. The minimum atomic E-state index is -0.926. The van der Waals surface area contributed by atoms with E-state index in [4.69, 9.17) is 0 Å². The summed E-state index contributed by atoms with van der Waals surface area (Å²) in [5, 5.41) is 23.8. The van der Waals surface area contributed by atoms with Crippen LogP contribution in [0, 0.1) is 5.82 Å². The van der Waals surface area contributed by atoms with Gasteiger partial charge in [0.2, 0.25) is 0 Å². The minimum Gasteiger partial charge on any atom is -0.393 e. The van der Waals surface area contributed by atoms with Crippen molar-refractivity contribution in [2.75, 3.05) is 5.32 Å². The standard InChI is InChI=1S/C33H35FN2O4/c1-22(2)31-30(33(40)35-26-11-7-4-8-12-26)29(23-9-5-3-6-10-23)32(24-13-15-25(34)16-14-24)36(31)19-17-27(38)21-28(39)18-20-37/h3-16,20,22,27-28,38-39H,17-19,21H2,1-2H3,(H,35,40)/t27-,28+/m1/s1. The molecule has 1 aromatic heterocycles. The van der Waals surface area contributed by atoms with Crippen molar-refractivity contribution in [2.24, 2.45) is 0 Å². The number of para-hydroxylation sites is 1. The summed E-state index contributed by atoms with van der Waals surface area (Å²) in [5.74, 6) is -0.711. The van der Waals surface area contributed by atoms with E-state index in [-0.39, 0.29) is 36.9 Å². The van der Waals surface area contributed by atoms with E-state index in [1.165, 1.54) is 12.1 Å². The number of aldehydes is 1. The van der Waals surface area contributed by atoms with Gasteiger partial charge in [-0.2, -0.15) is 0 Å². The van der Waals surface area contributed by atoms with Crippen molar-refractivity contribution in [3.05, 3.63) is 102 Å². The molecule has 0 saturated carbocycles. The molecular formula is C33H35FN2O4. The third-order valence-corrected chi connectivity index (χ3v) is 6.89. The highest BCUT2D eigenvalue weighted by Gasteiger charge is 2.30. The van der Waals surface area contributed by atoms with E-state index in [2.05, 4.69) is 5.32 Å². The Morgan fingerprint density at radius 2 is 1.52 bits per heavy atom. The molecule has 2 atom stereocenters. The first kappa shape index (κ1) is 28.9. The number of aliphatic hydroxyl groups excluding tert-OH is 2. The molecule has 40 heavy (non-hydrogen) atoms. The zero-order valence-electron chi connectivity index (χ0n) is 22.8. The van der Waals surface area contributed by atoms with Gasteiger partial charge in [-0.3, -0.25) is 4.79 Å². The molecule has 6 nitrogen and oxygen atoms in total. The summed E-state index contributed by atoms with van der Waals surface area (Å²) in [4.78, 5) is 24.8. The van der Waals surface area contributed by atoms with Crippen molar-refractivity contribution in [2.45, 2.75) is 57.8 Å². The molecule has 4 aromatic rings. The average molecular weight is 543 g/mol. The van der Waals surface area contributed by atoms with Gasteiger partial charge in [0.15, 0.2) is 0 Å². The number of aromatic nitrogens is 1. The second-order valence-electron chi connectivity index (χ2n) is 10.2. The van der Waals surface area contributed by atoms with Crippen LogP contribution in [0.5, 0.6) is 0 Å². The number of carbonyl (C=O) groups is 2. The number of rotatable bonds is 12. The number of benzene rings is 3. The Hall–Kier alpha value is -4.07. The normalized spacial score (nSPS) is 12.8. The van der Waals surface area contributed by atoms with Crippen LogP contribution in [0.1, 0.15) is 55.1 Å². The number of hydrogen-bond acceptors (Lipinski definition) is 4. The molecule has 3 N–H and O–H groups in total. The Bertz CT molecular complexity index is 1420. The lowest BCUT2D eigenvalue weighted by Crippen LogP contribution is -2.21. The fraction of sp³-hybridized carbons (Fsp3) is 0.273. The molecule has 0 fully saturated rings. The molecule has 3 aromatic carbocycles. The second-order valence-corrected chi connectivity index (χ2v) is 10.2. The van der Waals surface area contributed by atoms with Gasteiger partial charge in [-0.1, -0.05) is 62.4 Å². The topological polar surface area (TPSA) is 91.6 Å². The summed E-state index contributed by atoms with van der Waals surface area (Å²) in [6.07, 6.45) is -0.843. The second kappa shape index (κ2) is 13.3. The summed E-state index contributed by atoms with van der Waals surface area (Å²) < 4.78 is 16.0. The van der Waals surface area contributed by atoms with Crippen molar-refractivity contribution >= 4 is 17.9 Å². The first-order valence-corrected chi connectivity index (χ1v) is 13.5. The molecule has 7 heteroatoms. The number of aliphatic hydroxyl groups is 2. The van der Waals surface area contributed by atoms with Gasteiger partial charge in [0, 0.05) is 29.9 Å². The number of hydrogen-bond donors (Lipinski definition) is 3. The van der Waals surface area contributed by atoms with Gasteiger partial charge in [-0.25, -0.2) is 4.39 Å². The maximum absolute atomic E-state index is 14.0. The molecule has 0 spiro atoms. The van der Waals surface area contributed by atoms with Crippen molar-refractivity contribution in [1.82, 2.24) is 4.57 Å². The smallest absolute Gasteiger partial charge is 0.258 e. The van der Waals surface area contributed by atoms with Gasteiger partial charge in [0.25, 0.3) is 5.91 Å². The van der Waals surface area contributed by atoms with Crippen LogP contribution in [-0.4, -0.2) is 39.2 Å². The largest absolute Gasteiger partial charge is 0.393 e. The van der Waals surface area contributed by atoms with E-state index in [0.29, 0.717) is 24.1 Å². The number of nitrogens with zero attached hydrogens (tertiary/aromatic N) is 1. The van der Waals surface area contributed by atoms with E-state index < -0.39 is 12.2 Å². The highest BCUT2D eigenvalue weighted by molar-refractivity contribution is 6.12. The van der Waals surface area contributed by atoms with E-state index >= 15 is 0 Å². The highest BCUT2D eigenvalue weighted by Crippen LogP contribution is 2.42. The Kier molecular flexibility index (Phi) is 9.64. The Morgan fingerprint density at radius 1 is 0.900 bits per heavy atom. The minimum absolute atomic E-state index is 0.0411. The van der Waals surface area contributed by atoms with Crippen molar-refractivity contribution in [3.8, 4) is 22.4 Å². The lowest BCUT2D eigenvalue weighted by atomic mass is 9.94. The van der Waals surface area contributed by atoms with Crippen LogP contribution in [0.3, 0.4) is 0 Å². The predicted octanol–water partition coefficient (Wildman–Crippen LogP) is 6.43. The van der Waals surface area contributed by atoms with Crippen LogP contribution >= 0.6 is 0 Å². The molecule has 0 aliphatic heterocycles. The van der Waals surface area contributed by atoms with E-state index in [1.807, 2.05) is 79.1 Å². The SMILES string of the molecule is CC(C)c1c(C(=O)Nc2ccccc2)c(-c2ccccc2)c(-c2ccc(F)cc2)n1CC[C@@H](O)C[C@@H](O)CC=O. The monoisotopic (exact) mass is 542 g/mol. The Morgan fingerprint density at radius 3 is 2.12 bits per heavy atom. The number of nitrogens with one attached hydrogen (secondary N) is 1. The summed E-state index contributed by atoms with van der Waals surface area (Å²) in [5.41, 5.74) is 5.00. The average Bonchev–Trinajstić information content (AvgIpc) is 3.29. The van der Waals surface area contributed by atoms with Crippen LogP contribution in [0.2, 0.25) is 0 Å². The van der Waals surface area contributed by atoms with Crippen molar-refractivity contribution in [1.29, 1.82) is 0 Å². The first-order chi connectivity index (χ1) is 19.3. The summed E-state index contributed by atoms with van der Waals surface area (Å²) >= 11 is 0. The van der Waals surface area contributed by atoms with Gasteiger partial charge >= 0.3 is 0 Å². The molecule has 1 heterocycles. The zero-order valence-corrected chi connectivity index (χ0v) is 22.8. The molecule has 0 unspecified atom stereocenters. The molecule has 0 saturated heterocycles. The predicted molar refractivity (Wildman–Crippen MR) is 156 cm³/mol. The Balaban J connectivity index is 1.92. The van der Waals surface area contributed by atoms with Gasteiger partial charge in [-0.05, 0) is 66.3 Å². The summed E-state index contributed by atoms with van der Waals surface area (Å²) in [6, 6.07) is 25.0. The molecule has 0 aliphatic rings.